The van der Waals surface area contributed by atoms with Crippen molar-refractivity contribution in [1.82, 2.24) is 19.9 Å². The van der Waals surface area contributed by atoms with Gasteiger partial charge in [0.1, 0.15) is 11.9 Å². The minimum atomic E-state index is -0.0336. The summed E-state index contributed by atoms with van der Waals surface area (Å²) in [5, 5.41) is 10.6. The number of hydrogen-bond acceptors (Lipinski definition) is 11. The molecule has 40 heavy (non-hydrogen) atoms. The van der Waals surface area contributed by atoms with E-state index >= 15 is 0 Å². The van der Waals surface area contributed by atoms with E-state index < -0.39 is 0 Å². The maximum Gasteiger partial charge on any atom is 0.227 e. The monoisotopic (exact) mass is 543 g/mol. The number of fused-ring (bicyclic) bond motifs is 1. The average Bonchev–Trinajstić information content (AvgIpc) is 3.37. The van der Waals surface area contributed by atoms with E-state index in [1.54, 1.807) is 13.3 Å². The van der Waals surface area contributed by atoms with Gasteiger partial charge in [0.15, 0.2) is 0 Å². The molecule has 0 aliphatic carbocycles. The maximum atomic E-state index is 9.54. The van der Waals surface area contributed by atoms with Gasteiger partial charge in [-0.05, 0) is 37.3 Å². The quantitative estimate of drug-likeness (QED) is 0.487. The molecule has 210 valence electrons. The molecule has 2 aromatic heterocycles. The molecular formula is C29H37N9O2. The van der Waals surface area contributed by atoms with E-state index in [2.05, 4.69) is 54.7 Å². The SMILES string of the molecule is COC1CN(c2nccc(N3CCN(C[C@H]4CN(c5ccc(C#N)c6ncccc56)C[C@@H](C)O4)CC3)n2)C[C@@H]1N. The van der Waals surface area contributed by atoms with E-state index in [0.29, 0.717) is 24.6 Å². The van der Waals surface area contributed by atoms with Crippen molar-refractivity contribution in [3.05, 3.63) is 48.3 Å². The summed E-state index contributed by atoms with van der Waals surface area (Å²) in [7, 11) is 1.70. The lowest BCUT2D eigenvalue weighted by atomic mass is 10.1. The van der Waals surface area contributed by atoms with Crippen molar-refractivity contribution in [3.63, 3.8) is 0 Å². The molecule has 0 spiro atoms. The first-order valence-electron chi connectivity index (χ1n) is 14.0. The topological polar surface area (TPSA) is 120 Å². The summed E-state index contributed by atoms with van der Waals surface area (Å²) in [4.78, 5) is 23.2. The number of benzene rings is 1. The summed E-state index contributed by atoms with van der Waals surface area (Å²) in [5.74, 6) is 1.67. The summed E-state index contributed by atoms with van der Waals surface area (Å²) in [6, 6.07) is 12.2. The highest BCUT2D eigenvalue weighted by molar-refractivity contribution is 5.95. The zero-order chi connectivity index (χ0) is 27.6. The minimum Gasteiger partial charge on any atom is -0.378 e. The van der Waals surface area contributed by atoms with Gasteiger partial charge in [-0.1, -0.05) is 0 Å². The molecule has 0 radical (unpaired) electrons. The Morgan fingerprint density at radius 2 is 1.85 bits per heavy atom. The highest BCUT2D eigenvalue weighted by Crippen LogP contribution is 2.30. The van der Waals surface area contributed by atoms with Crippen molar-refractivity contribution in [2.24, 2.45) is 5.73 Å². The molecule has 6 rings (SSSR count). The second-order valence-corrected chi connectivity index (χ2v) is 11.0. The molecule has 3 saturated heterocycles. The Morgan fingerprint density at radius 3 is 2.62 bits per heavy atom. The summed E-state index contributed by atoms with van der Waals surface area (Å²) in [6.07, 6.45) is 3.79. The lowest BCUT2D eigenvalue weighted by Crippen LogP contribution is -2.54. The molecule has 5 heterocycles. The highest BCUT2D eigenvalue weighted by Gasteiger charge is 2.32. The number of methoxy groups -OCH3 is 1. The van der Waals surface area contributed by atoms with Crippen LogP contribution in [0.25, 0.3) is 10.9 Å². The van der Waals surface area contributed by atoms with Gasteiger partial charge in [-0.25, -0.2) is 4.98 Å². The number of rotatable bonds is 6. The van der Waals surface area contributed by atoms with Gasteiger partial charge >= 0.3 is 0 Å². The van der Waals surface area contributed by atoms with Gasteiger partial charge in [0.2, 0.25) is 5.95 Å². The normalized spacial score (nSPS) is 25.9. The molecule has 0 amide bonds. The Balaban J connectivity index is 1.08. The number of nitrogens with two attached hydrogens (primary N) is 1. The van der Waals surface area contributed by atoms with Crippen LogP contribution in [0.3, 0.4) is 0 Å². The molecule has 11 nitrogen and oxygen atoms in total. The summed E-state index contributed by atoms with van der Waals surface area (Å²) in [6.45, 7) is 9.70. The zero-order valence-corrected chi connectivity index (χ0v) is 23.2. The second-order valence-electron chi connectivity index (χ2n) is 11.0. The maximum absolute atomic E-state index is 9.54. The number of morpholine rings is 1. The van der Waals surface area contributed by atoms with Crippen LogP contribution in [0.15, 0.2) is 42.7 Å². The van der Waals surface area contributed by atoms with Gasteiger partial charge in [-0.2, -0.15) is 10.2 Å². The van der Waals surface area contributed by atoms with Crippen LogP contribution < -0.4 is 20.4 Å². The fourth-order valence-electron chi connectivity index (χ4n) is 6.19. The number of ether oxygens (including phenoxy) is 2. The van der Waals surface area contributed by atoms with Gasteiger partial charge in [0, 0.05) is 89.5 Å². The number of pyridine rings is 1. The number of piperazine rings is 1. The number of aromatic nitrogens is 3. The Labute approximate surface area is 235 Å². The first-order chi connectivity index (χ1) is 19.5. The van der Waals surface area contributed by atoms with Gasteiger partial charge in [-0.3, -0.25) is 9.88 Å². The molecular weight excluding hydrogens is 506 g/mol. The lowest BCUT2D eigenvalue weighted by Gasteiger charge is -2.42. The van der Waals surface area contributed by atoms with Crippen LogP contribution in [0.4, 0.5) is 17.5 Å². The van der Waals surface area contributed by atoms with Crippen LogP contribution in [0.2, 0.25) is 0 Å². The largest absolute Gasteiger partial charge is 0.378 e. The van der Waals surface area contributed by atoms with Crippen molar-refractivity contribution >= 4 is 28.4 Å². The number of nitrogens with zero attached hydrogens (tertiary/aromatic N) is 8. The zero-order valence-electron chi connectivity index (χ0n) is 23.2. The fourth-order valence-corrected chi connectivity index (χ4v) is 6.19. The first kappa shape index (κ1) is 26.7. The first-order valence-corrected chi connectivity index (χ1v) is 14.0. The molecule has 1 aromatic carbocycles. The van der Waals surface area contributed by atoms with Gasteiger partial charge in [0.25, 0.3) is 0 Å². The van der Waals surface area contributed by atoms with Crippen LogP contribution in [-0.4, -0.2) is 110 Å². The fraction of sp³-hybridized carbons (Fsp3) is 0.517. The third kappa shape index (κ3) is 5.40. The van der Waals surface area contributed by atoms with Crippen molar-refractivity contribution in [2.75, 3.05) is 80.7 Å². The van der Waals surface area contributed by atoms with Crippen LogP contribution in [0.1, 0.15) is 12.5 Å². The molecule has 1 unspecified atom stereocenters. The predicted octanol–water partition coefficient (Wildman–Crippen LogP) is 1.47. The summed E-state index contributed by atoms with van der Waals surface area (Å²) in [5.41, 5.74) is 8.69. The molecule has 0 saturated carbocycles. The average molecular weight is 544 g/mol. The Morgan fingerprint density at radius 1 is 1.00 bits per heavy atom. The van der Waals surface area contributed by atoms with Crippen molar-refractivity contribution in [1.29, 1.82) is 5.26 Å². The van der Waals surface area contributed by atoms with Gasteiger partial charge in [0.05, 0.1) is 35.4 Å². The number of nitriles is 1. The molecule has 2 N–H and O–H groups in total. The molecule has 4 atom stereocenters. The molecule has 3 fully saturated rings. The van der Waals surface area contributed by atoms with Crippen LogP contribution in [0.5, 0.6) is 0 Å². The van der Waals surface area contributed by atoms with Crippen molar-refractivity contribution in [3.8, 4) is 6.07 Å². The smallest absolute Gasteiger partial charge is 0.227 e. The predicted molar refractivity (Wildman–Crippen MR) is 155 cm³/mol. The van der Waals surface area contributed by atoms with E-state index in [-0.39, 0.29) is 24.4 Å². The number of anilines is 3. The number of hydrogen-bond donors (Lipinski definition) is 1. The molecule has 11 heteroatoms. The van der Waals surface area contributed by atoms with Crippen LogP contribution >= 0.6 is 0 Å². The Bertz CT molecular complexity index is 1370. The second kappa shape index (κ2) is 11.5. The summed E-state index contributed by atoms with van der Waals surface area (Å²) >= 11 is 0. The van der Waals surface area contributed by atoms with Crippen LogP contribution in [0, 0.1) is 11.3 Å². The van der Waals surface area contributed by atoms with E-state index in [4.69, 9.17) is 20.2 Å². The molecule has 0 bridgehead atoms. The standard InChI is InChI=1S/C29H37N9O2/c1-20-15-37(25-6-5-21(14-30)28-23(25)4-3-8-32-28)17-22(40-20)16-35-10-12-36(13-11-35)27-7-9-33-29(34-27)38-18-24(31)26(19-38)39-2/h3-9,20,22,24,26H,10-13,15-19,31H2,1-2H3/t20-,22+,24+,26?/m1/s1. The van der Waals surface area contributed by atoms with E-state index in [9.17, 15) is 5.26 Å². The minimum absolute atomic E-state index is 0.00347. The van der Waals surface area contributed by atoms with Gasteiger partial charge < -0.3 is 29.9 Å². The lowest BCUT2D eigenvalue weighted by molar-refractivity contribution is -0.0327. The van der Waals surface area contributed by atoms with Crippen molar-refractivity contribution < 1.29 is 9.47 Å². The third-order valence-electron chi connectivity index (χ3n) is 8.22. The summed E-state index contributed by atoms with van der Waals surface area (Å²) < 4.78 is 11.9. The molecule has 3 aliphatic rings. The van der Waals surface area contributed by atoms with Gasteiger partial charge in [-0.15, -0.1) is 0 Å². The van der Waals surface area contributed by atoms with Crippen molar-refractivity contribution in [2.45, 2.75) is 31.3 Å². The van der Waals surface area contributed by atoms with E-state index in [1.165, 1.54) is 0 Å². The van der Waals surface area contributed by atoms with Crippen LogP contribution in [-0.2, 0) is 9.47 Å². The molecule has 3 aromatic rings. The van der Waals surface area contributed by atoms with E-state index in [0.717, 1.165) is 68.2 Å². The highest BCUT2D eigenvalue weighted by atomic mass is 16.5. The molecule has 3 aliphatic heterocycles. The Hall–Kier alpha value is -3.56. The third-order valence-corrected chi connectivity index (χ3v) is 8.22. The van der Waals surface area contributed by atoms with E-state index in [1.807, 2.05) is 24.4 Å². The Kier molecular flexibility index (Phi) is 7.67.